The normalized spacial score (nSPS) is 12.2. The highest BCUT2D eigenvalue weighted by Gasteiger charge is 2.11. The number of hydrogen-bond donors (Lipinski definition) is 0. The second-order valence-electron chi connectivity index (χ2n) is 1.51. The molecule has 0 unspecified atom stereocenters. The van der Waals surface area contributed by atoms with Gasteiger partial charge >= 0.3 is 0 Å². The van der Waals surface area contributed by atoms with Gasteiger partial charge in [-0.25, -0.2) is 0 Å². The highest BCUT2D eigenvalue weighted by Crippen LogP contribution is 2.34. The Balaban J connectivity index is 0.000000231. The molecule has 1 aliphatic rings. The monoisotopic (exact) mass is 158 g/mol. The van der Waals surface area contributed by atoms with Crippen LogP contribution in [0.25, 0.3) is 0 Å². The maximum absolute atomic E-state index is 5.03. The van der Waals surface area contributed by atoms with E-state index in [0.717, 1.165) is 11.5 Å². The van der Waals surface area contributed by atoms with Crippen molar-refractivity contribution in [2.24, 2.45) is 0 Å². The Kier molecular flexibility index (Phi) is 2.57. The maximum atomic E-state index is 5.03. The van der Waals surface area contributed by atoms with Crippen molar-refractivity contribution in [3.63, 3.8) is 0 Å². The topological polar surface area (TPSA) is 18.5 Å². The van der Waals surface area contributed by atoms with Gasteiger partial charge in [0.25, 0.3) is 0 Å². The summed E-state index contributed by atoms with van der Waals surface area (Å²) in [6.07, 6.45) is 0. The number of rotatable bonds is 0. The quantitative estimate of drug-likeness (QED) is 0.577. The molecule has 0 saturated carbocycles. The van der Waals surface area contributed by atoms with Gasteiger partial charge in [0.2, 0.25) is 6.79 Å². The summed E-state index contributed by atoms with van der Waals surface area (Å²) in [7, 11) is 0. The van der Waals surface area contributed by atoms with Gasteiger partial charge in [-0.05, 0) is 0 Å². The van der Waals surface area contributed by atoms with E-state index in [-0.39, 0.29) is 0 Å². The van der Waals surface area contributed by atoms with Crippen molar-refractivity contribution in [1.82, 2.24) is 0 Å². The van der Waals surface area contributed by atoms with E-state index in [4.69, 9.17) is 9.47 Å². The third-order valence-electron chi connectivity index (χ3n) is 1.02. The van der Waals surface area contributed by atoms with Crippen molar-refractivity contribution in [2.75, 3.05) is 6.79 Å². The Morgan fingerprint density at radius 1 is 1.20 bits per heavy atom. The van der Waals surface area contributed by atoms with Crippen LogP contribution >= 0.6 is 11.3 Å². The predicted molar refractivity (Wildman–Crippen MR) is 41.8 cm³/mol. The summed E-state index contributed by atoms with van der Waals surface area (Å²) in [6.45, 7) is 4.39. The minimum atomic E-state index is 0.387. The lowest BCUT2D eigenvalue weighted by Crippen LogP contribution is -1.93. The second-order valence-corrected chi connectivity index (χ2v) is 2.25. The summed E-state index contributed by atoms with van der Waals surface area (Å²) in [5, 5.41) is 3.87. The molecule has 2 rings (SSSR count). The van der Waals surface area contributed by atoms with Gasteiger partial charge in [-0.1, -0.05) is 13.8 Å². The lowest BCUT2D eigenvalue weighted by Gasteiger charge is -1.85. The molecule has 1 aromatic rings. The zero-order valence-corrected chi connectivity index (χ0v) is 6.90. The zero-order chi connectivity index (χ0) is 7.40. The van der Waals surface area contributed by atoms with E-state index in [0.29, 0.717) is 6.79 Å². The number of thiophene rings is 1. The van der Waals surface area contributed by atoms with Gasteiger partial charge in [-0.3, -0.25) is 0 Å². The molecule has 0 atom stereocenters. The van der Waals surface area contributed by atoms with Crippen LogP contribution in [0, 0.1) is 0 Å². The van der Waals surface area contributed by atoms with Crippen LogP contribution in [0.15, 0.2) is 10.8 Å². The summed E-state index contributed by atoms with van der Waals surface area (Å²) in [4.78, 5) is 0. The maximum Gasteiger partial charge on any atom is 0.231 e. The molecular formula is C7H10O2S. The van der Waals surface area contributed by atoms with Gasteiger partial charge in [0.05, 0.1) is 0 Å². The smallest absolute Gasteiger partial charge is 0.231 e. The van der Waals surface area contributed by atoms with E-state index < -0.39 is 0 Å². The van der Waals surface area contributed by atoms with Crippen LogP contribution in [-0.4, -0.2) is 6.79 Å². The molecule has 0 N–H and O–H groups in total. The lowest BCUT2D eigenvalue weighted by atomic mass is 10.6. The molecule has 2 heterocycles. The fraction of sp³-hybridized carbons (Fsp3) is 0.429. The van der Waals surface area contributed by atoms with Crippen molar-refractivity contribution in [3.05, 3.63) is 10.8 Å². The van der Waals surface area contributed by atoms with Crippen LogP contribution in [0.1, 0.15) is 13.8 Å². The average molecular weight is 158 g/mol. The fourth-order valence-corrected chi connectivity index (χ4v) is 1.32. The first-order chi connectivity index (χ1) is 4.97. The minimum absolute atomic E-state index is 0.387. The van der Waals surface area contributed by atoms with Crippen molar-refractivity contribution >= 4 is 11.3 Å². The van der Waals surface area contributed by atoms with Crippen LogP contribution in [0.5, 0.6) is 11.5 Å². The fourth-order valence-electron chi connectivity index (χ4n) is 0.641. The summed E-state index contributed by atoms with van der Waals surface area (Å²) in [5.41, 5.74) is 0. The van der Waals surface area contributed by atoms with E-state index in [2.05, 4.69) is 0 Å². The van der Waals surface area contributed by atoms with E-state index in [1.54, 1.807) is 11.3 Å². The predicted octanol–water partition coefficient (Wildman–Crippen LogP) is 2.50. The second kappa shape index (κ2) is 3.46. The van der Waals surface area contributed by atoms with E-state index in [1.165, 1.54) is 0 Å². The number of ether oxygens (including phenoxy) is 2. The van der Waals surface area contributed by atoms with E-state index >= 15 is 0 Å². The minimum Gasteiger partial charge on any atom is -0.453 e. The van der Waals surface area contributed by atoms with Crippen LogP contribution in [-0.2, 0) is 0 Å². The Morgan fingerprint density at radius 2 is 1.70 bits per heavy atom. The van der Waals surface area contributed by atoms with Crippen molar-refractivity contribution in [2.45, 2.75) is 13.8 Å². The molecule has 2 nitrogen and oxygen atoms in total. The lowest BCUT2D eigenvalue weighted by molar-refractivity contribution is 0.174. The SMILES string of the molecule is CC.c1scc2c1OCO2. The highest BCUT2D eigenvalue weighted by molar-refractivity contribution is 7.08. The standard InChI is InChI=1S/C5H4O2S.C2H6/c1-4-5(2-8-1)7-3-6-4;1-2/h1-2H,3H2;1-2H3. The van der Waals surface area contributed by atoms with Crippen molar-refractivity contribution in [1.29, 1.82) is 0 Å². The molecule has 0 spiro atoms. The molecule has 0 fully saturated rings. The Bertz CT molecular complexity index is 177. The van der Waals surface area contributed by atoms with E-state index in [9.17, 15) is 0 Å². The summed E-state index contributed by atoms with van der Waals surface area (Å²) < 4.78 is 10.1. The Morgan fingerprint density at radius 3 is 2.20 bits per heavy atom. The first-order valence-electron chi connectivity index (χ1n) is 3.28. The Hall–Kier alpha value is -0.700. The highest BCUT2D eigenvalue weighted by atomic mass is 32.1. The summed E-state index contributed by atoms with van der Waals surface area (Å²) in [5.74, 6) is 1.77. The summed E-state index contributed by atoms with van der Waals surface area (Å²) in [6, 6.07) is 0. The molecule has 0 amide bonds. The molecule has 1 aliphatic heterocycles. The van der Waals surface area contributed by atoms with Crippen LogP contribution < -0.4 is 9.47 Å². The first kappa shape index (κ1) is 7.41. The molecular weight excluding hydrogens is 148 g/mol. The van der Waals surface area contributed by atoms with Crippen molar-refractivity contribution < 1.29 is 9.47 Å². The number of fused-ring (bicyclic) bond motifs is 1. The van der Waals surface area contributed by atoms with Crippen LogP contribution in [0.2, 0.25) is 0 Å². The zero-order valence-electron chi connectivity index (χ0n) is 6.09. The molecule has 1 aromatic heterocycles. The van der Waals surface area contributed by atoms with E-state index in [1.807, 2.05) is 24.6 Å². The van der Waals surface area contributed by atoms with Gasteiger partial charge in [0, 0.05) is 10.8 Å². The third kappa shape index (κ3) is 1.24. The molecule has 0 radical (unpaired) electrons. The van der Waals surface area contributed by atoms with Gasteiger partial charge in [0.15, 0.2) is 11.5 Å². The molecule has 0 aliphatic carbocycles. The van der Waals surface area contributed by atoms with Gasteiger partial charge < -0.3 is 9.47 Å². The largest absolute Gasteiger partial charge is 0.453 e. The van der Waals surface area contributed by atoms with Crippen LogP contribution in [0.3, 0.4) is 0 Å². The summed E-state index contributed by atoms with van der Waals surface area (Å²) >= 11 is 1.59. The molecule has 0 aromatic carbocycles. The van der Waals surface area contributed by atoms with Crippen LogP contribution in [0.4, 0.5) is 0 Å². The molecule has 0 bridgehead atoms. The first-order valence-corrected chi connectivity index (χ1v) is 4.23. The molecule has 0 saturated heterocycles. The molecule has 10 heavy (non-hydrogen) atoms. The van der Waals surface area contributed by atoms with Gasteiger partial charge in [-0.2, -0.15) is 0 Å². The number of hydrogen-bond acceptors (Lipinski definition) is 3. The van der Waals surface area contributed by atoms with Gasteiger partial charge in [-0.15, -0.1) is 11.3 Å². The third-order valence-corrected chi connectivity index (χ3v) is 1.72. The molecule has 56 valence electrons. The Labute approximate surface area is 64.4 Å². The molecule has 3 heteroatoms. The van der Waals surface area contributed by atoms with Gasteiger partial charge in [0.1, 0.15) is 0 Å². The average Bonchev–Trinajstić information content (AvgIpc) is 2.49. The van der Waals surface area contributed by atoms with Crippen molar-refractivity contribution in [3.8, 4) is 11.5 Å².